The van der Waals surface area contributed by atoms with Crippen LogP contribution in [0.2, 0.25) is 0 Å². The summed E-state index contributed by atoms with van der Waals surface area (Å²) in [6, 6.07) is 14.6. The van der Waals surface area contributed by atoms with Crippen LogP contribution in [-0.2, 0) is 19.0 Å². The number of halogens is 1. The summed E-state index contributed by atoms with van der Waals surface area (Å²) in [6.45, 7) is 4.24. The summed E-state index contributed by atoms with van der Waals surface area (Å²) in [4.78, 5) is 11.7. The maximum absolute atomic E-state index is 6.10. The number of likely N-dealkylation sites (tertiary alicyclic amines) is 1. The van der Waals surface area contributed by atoms with Crippen molar-refractivity contribution in [3.05, 3.63) is 60.0 Å². The molecule has 0 saturated carbocycles. The van der Waals surface area contributed by atoms with Crippen LogP contribution in [0.25, 0.3) is 11.2 Å². The summed E-state index contributed by atoms with van der Waals surface area (Å²) >= 11 is 6.10. The highest BCUT2D eigenvalue weighted by molar-refractivity contribution is 6.16. The van der Waals surface area contributed by atoms with Gasteiger partial charge in [-0.15, -0.1) is 11.6 Å². The Hall–Kier alpha value is -1.91. The van der Waals surface area contributed by atoms with E-state index in [9.17, 15) is 0 Å². The second-order valence-electron chi connectivity index (χ2n) is 6.49. The molecule has 1 aliphatic heterocycles. The molecule has 3 aromatic rings. The van der Waals surface area contributed by atoms with Crippen LogP contribution in [-0.4, -0.2) is 32.5 Å². The predicted octanol–water partition coefficient (Wildman–Crippen LogP) is 3.69. The Kier molecular flexibility index (Phi) is 4.50. The van der Waals surface area contributed by atoms with Crippen LogP contribution in [0, 0.1) is 5.92 Å². The van der Waals surface area contributed by atoms with E-state index >= 15 is 0 Å². The lowest BCUT2D eigenvalue weighted by molar-refractivity contribution is 0.309. The van der Waals surface area contributed by atoms with Gasteiger partial charge in [0.1, 0.15) is 11.3 Å². The third kappa shape index (κ3) is 3.17. The van der Waals surface area contributed by atoms with Gasteiger partial charge in [-0.05, 0) is 36.6 Å². The normalized spacial score (nSPS) is 18.5. The highest BCUT2D eigenvalue weighted by Crippen LogP contribution is 2.23. The third-order valence-electron chi connectivity index (χ3n) is 4.76. The Balaban J connectivity index is 1.47. The lowest BCUT2D eigenvalue weighted by atomic mass is 10.1. The summed E-state index contributed by atoms with van der Waals surface area (Å²) in [6.07, 6.45) is 3.04. The second-order valence-corrected chi connectivity index (χ2v) is 6.76. The molecule has 0 bridgehead atoms. The van der Waals surface area contributed by atoms with Crippen molar-refractivity contribution in [1.82, 2.24) is 19.4 Å². The first-order valence-corrected chi connectivity index (χ1v) is 8.99. The number of benzene rings is 1. The lowest BCUT2D eigenvalue weighted by Gasteiger charge is -2.17. The zero-order valence-electron chi connectivity index (χ0n) is 13.6. The van der Waals surface area contributed by atoms with Gasteiger partial charge < -0.3 is 4.57 Å². The SMILES string of the molecule is ClCc1nc2cccnc2n1C[C@@H]1CCN(Cc2ccccc2)C1. The van der Waals surface area contributed by atoms with Gasteiger partial charge in [0.25, 0.3) is 0 Å². The topological polar surface area (TPSA) is 34.0 Å². The molecule has 0 amide bonds. The quantitative estimate of drug-likeness (QED) is 0.664. The van der Waals surface area contributed by atoms with Crippen LogP contribution in [0.15, 0.2) is 48.7 Å². The molecule has 1 fully saturated rings. The summed E-state index contributed by atoms with van der Waals surface area (Å²) in [5.41, 5.74) is 3.27. The van der Waals surface area contributed by atoms with E-state index in [0.29, 0.717) is 11.8 Å². The van der Waals surface area contributed by atoms with Crippen LogP contribution in [0.1, 0.15) is 17.8 Å². The fourth-order valence-corrected chi connectivity index (χ4v) is 3.81. The number of aromatic nitrogens is 3. The molecule has 0 spiro atoms. The highest BCUT2D eigenvalue weighted by Gasteiger charge is 2.24. The van der Waals surface area contributed by atoms with Gasteiger partial charge in [-0.25, -0.2) is 9.97 Å². The average Bonchev–Trinajstić information content (AvgIpc) is 3.21. The van der Waals surface area contributed by atoms with E-state index in [0.717, 1.165) is 43.2 Å². The monoisotopic (exact) mass is 340 g/mol. The standard InChI is InChI=1S/C19H21ClN4/c20-11-18-22-17-7-4-9-21-19(17)24(18)14-16-8-10-23(13-16)12-15-5-2-1-3-6-15/h1-7,9,16H,8,10-14H2/t16-/m1/s1. The van der Waals surface area contributed by atoms with Crippen molar-refractivity contribution in [2.24, 2.45) is 5.92 Å². The summed E-state index contributed by atoms with van der Waals surface area (Å²) in [5.74, 6) is 1.97. The number of alkyl halides is 1. The zero-order chi connectivity index (χ0) is 16.4. The molecule has 1 atom stereocenters. The minimum atomic E-state index is 0.427. The molecular formula is C19H21ClN4. The Morgan fingerprint density at radius 2 is 2.00 bits per heavy atom. The molecule has 2 aromatic heterocycles. The number of nitrogens with zero attached hydrogens (tertiary/aromatic N) is 4. The molecule has 4 rings (SSSR count). The van der Waals surface area contributed by atoms with E-state index in [-0.39, 0.29) is 0 Å². The minimum absolute atomic E-state index is 0.427. The van der Waals surface area contributed by atoms with Gasteiger partial charge in [-0.3, -0.25) is 4.90 Å². The number of pyridine rings is 1. The van der Waals surface area contributed by atoms with Crippen molar-refractivity contribution >= 4 is 22.8 Å². The molecular weight excluding hydrogens is 320 g/mol. The van der Waals surface area contributed by atoms with Crippen molar-refractivity contribution in [2.75, 3.05) is 13.1 Å². The second kappa shape index (κ2) is 6.91. The van der Waals surface area contributed by atoms with Crippen molar-refractivity contribution in [3.8, 4) is 0 Å². The van der Waals surface area contributed by atoms with Crippen LogP contribution in [0.3, 0.4) is 0 Å². The Morgan fingerprint density at radius 1 is 1.12 bits per heavy atom. The molecule has 0 aliphatic carbocycles. The highest BCUT2D eigenvalue weighted by atomic mass is 35.5. The first kappa shape index (κ1) is 15.6. The van der Waals surface area contributed by atoms with Crippen molar-refractivity contribution in [3.63, 3.8) is 0 Å². The Morgan fingerprint density at radius 3 is 2.83 bits per heavy atom. The zero-order valence-corrected chi connectivity index (χ0v) is 14.4. The Labute approximate surface area is 147 Å². The molecule has 124 valence electrons. The first-order valence-electron chi connectivity index (χ1n) is 8.46. The number of fused-ring (bicyclic) bond motifs is 1. The first-order chi connectivity index (χ1) is 11.8. The van der Waals surface area contributed by atoms with Crippen LogP contribution >= 0.6 is 11.6 Å². The summed E-state index contributed by atoms with van der Waals surface area (Å²) in [7, 11) is 0. The third-order valence-corrected chi connectivity index (χ3v) is 5.00. The van der Waals surface area contributed by atoms with E-state index in [2.05, 4.69) is 49.8 Å². The summed E-state index contributed by atoms with van der Waals surface area (Å²) in [5, 5.41) is 0. The van der Waals surface area contributed by atoms with E-state index in [1.54, 1.807) is 0 Å². The molecule has 24 heavy (non-hydrogen) atoms. The van der Waals surface area contributed by atoms with Gasteiger partial charge in [0.2, 0.25) is 0 Å². The molecule has 1 aliphatic rings. The van der Waals surface area contributed by atoms with Crippen molar-refractivity contribution in [1.29, 1.82) is 0 Å². The van der Waals surface area contributed by atoms with Gasteiger partial charge in [-0.1, -0.05) is 30.3 Å². The van der Waals surface area contributed by atoms with Gasteiger partial charge >= 0.3 is 0 Å². The Bertz CT molecular complexity index is 815. The smallest absolute Gasteiger partial charge is 0.160 e. The van der Waals surface area contributed by atoms with E-state index in [1.807, 2.05) is 18.3 Å². The molecule has 1 saturated heterocycles. The average molecular weight is 341 g/mol. The van der Waals surface area contributed by atoms with Crippen LogP contribution in [0.5, 0.6) is 0 Å². The molecule has 0 N–H and O–H groups in total. The van der Waals surface area contributed by atoms with Crippen LogP contribution < -0.4 is 0 Å². The van der Waals surface area contributed by atoms with E-state index in [4.69, 9.17) is 11.6 Å². The van der Waals surface area contributed by atoms with Gasteiger partial charge in [0, 0.05) is 25.8 Å². The van der Waals surface area contributed by atoms with Crippen molar-refractivity contribution < 1.29 is 0 Å². The largest absolute Gasteiger partial charge is 0.311 e. The number of rotatable bonds is 5. The molecule has 3 heterocycles. The lowest BCUT2D eigenvalue weighted by Crippen LogP contribution is -2.22. The van der Waals surface area contributed by atoms with Gasteiger partial charge in [0.05, 0.1) is 5.88 Å². The molecule has 0 radical (unpaired) electrons. The maximum Gasteiger partial charge on any atom is 0.160 e. The maximum atomic E-state index is 6.10. The molecule has 0 unspecified atom stereocenters. The fraction of sp³-hybridized carbons (Fsp3) is 0.368. The number of imidazole rings is 1. The van der Waals surface area contributed by atoms with Gasteiger partial charge in [-0.2, -0.15) is 0 Å². The van der Waals surface area contributed by atoms with Crippen molar-refractivity contribution in [2.45, 2.75) is 25.4 Å². The minimum Gasteiger partial charge on any atom is -0.311 e. The predicted molar refractivity (Wildman–Crippen MR) is 96.9 cm³/mol. The number of hydrogen-bond donors (Lipinski definition) is 0. The van der Waals surface area contributed by atoms with Crippen LogP contribution in [0.4, 0.5) is 0 Å². The fourth-order valence-electron chi connectivity index (χ4n) is 3.60. The molecule has 4 nitrogen and oxygen atoms in total. The van der Waals surface area contributed by atoms with Gasteiger partial charge in [0.15, 0.2) is 5.65 Å². The van der Waals surface area contributed by atoms with E-state index < -0.39 is 0 Å². The molecule has 1 aromatic carbocycles. The summed E-state index contributed by atoms with van der Waals surface area (Å²) < 4.78 is 2.21. The van der Waals surface area contributed by atoms with E-state index in [1.165, 1.54) is 12.0 Å². The molecule has 5 heteroatoms. The number of hydrogen-bond acceptors (Lipinski definition) is 3.